The summed E-state index contributed by atoms with van der Waals surface area (Å²) in [4.78, 5) is 14.0. The van der Waals surface area contributed by atoms with E-state index in [0.717, 1.165) is 31.7 Å². The molecule has 0 bridgehead atoms. The molecule has 1 aliphatic rings. The van der Waals surface area contributed by atoms with E-state index in [9.17, 15) is 4.79 Å². The van der Waals surface area contributed by atoms with Crippen LogP contribution in [0.1, 0.15) is 5.56 Å². The van der Waals surface area contributed by atoms with Crippen LogP contribution in [0.25, 0.3) is 0 Å². The summed E-state index contributed by atoms with van der Waals surface area (Å²) in [6, 6.07) is 11.1. The molecule has 2 aromatic carbocycles. The van der Waals surface area contributed by atoms with Crippen LogP contribution in [0.4, 0.5) is 10.5 Å². The first kappa shape index (κ1) is 17.1. The number of carbonyl (C=O) groups excluding carboxylic acids is 1. The summed E-state index contributed by atoms with van der Waals surface area (Å²) in [5, 5.41) is 2.88. The van der Waals surface area contributed by atoms with Crippen molar-refractivity contribution in [2.24, 2.45) is 0 Å². The number of hydrogen-bond donors (Lipinski definition) is 1. The third-order valence-electron chi connectivity index (χ3n) is 3.55. The highest BCUT2D eigenvalue weighted by Gasteiger charge is 2.15. The van der Waals surface area contributed by atoms with Crippen LogP contribution < -0.4 is 14.8 Å². The highest BCUT2D eigenvalue weighted by atomic mass is 79.9. The predicted octanol–water partition coefficient (Wildman–Crippen LogP) is 4.65. The van der Waals surface area contributed by atoms with Crippen LogP contribution in [0.5, 0.6) is 11.5 Å². The van der Waals surface area contributed by atoms with Crippen LogP contribution in [0.2, 0.25) is 0 Å². The van der Waals surface area contributed by atoms with E-state index >= 15 is 0 Å². The van der Waals surface area contributed by atoms with Gasteiger partial charge < -0.3 is 19.7 Å². The van der Waals surface area contributed by atoms with Gasteiger partial charge in [-0.15, -0.1) is 0 Å². The molecule has 1 aliphatic heterocycles. The lowest BCUT2D eigenvalue weighted by atomic mass is 10.2. The van der Waals surface area contributed by atoms with Crippen LogP contribution in [0, 0.1) is 0 Å². The van der Waals surface area contributed by atoms with Crippen molar-refractivity contribution in [2.45, 2.75) is 6.54 Å². The maximum absolute atomic E-state index is 12.4. The summed E-state index contributed by atoms with van der Waals surface area (Å²) in [7, 11) is 1.75. The quantitative estimate of drug-likeness (QED) is 0.732. The standard InChI is InChI=1S/C17H16Br2N2O3/c1-21(17(22)20-14-4-3-12(18)9-13(14)19)10-11-2-5-15-16(8-11)24-7-6-23-15/h2-5,8-9H,6-7,10H2,1H3,(H,20,22). The van der Waals surface area contributed by atoms with E-state index in [0.29, 0.717) is 19.8 Å². The molecule has 126 valence electrons. The number of urea groups is 1. The van der Waals surface area contributed by atoms with E-state index in [4.69, 9.17) is 9.47 Å². The SMILES string of the molecule is CN(Cc1ccc2c(c1)OCCO2)C(=O)Nc1ccc(Br)cc1Br. The first-order valence-electron chi connectivity index (χ1n) is 7.38. The molecule has 3 rings (SSSR count). The van der Waals surface area contributed by atoms with Gasteiger partial charge in [0.05, 0.1) is 5.69 Å². The van der Waals surface area contributed by atoms with Crippen LogP contribution in [0.15, 0.2) is 45.3 Å². The van der Waals surface area contributed by atoms with E-state index in [1.807, 2.05) is 36.4 Å². The Bertz CT molecular complexity index is 767. The molecule has 5 nitrogen and oxygen atoms in total. The first-order chi connectivity index (χ1) is 11.5. The normalized spacial score (nSPS) is 12.6. The zero-order chi connectivity index (χ0) is 17.1. The average molecular weight is 456 g/mol. The molecule has 0 atom stereocenters. The minimum atomic E-state index is -0.187. The number of anilines is 1. The Balaban J connectivity index is 1.65. The van der Waals surface area contributed by atoms with Crippen LogP contribution in [-0.4, -0.2) is 31.2 Å². The van der Waals surface area contributed by atoms with Crippen molar-refractivity contribution >= 4 is 43.6 Å². The number of benzene rings is 2. The number of nitrogens with zero attached hydrogens (tertiary/aromatic N) is 1. The molecular formula is C17H16Br2N2O3. The van der Waals surface area contributed by atoms with Gasteiger partial charge in [-0.2, -0.15) is 0 Å². The third kappa shape index (κ3) is 4.02. The summed E-state index contributed by atoms with van der Waals surface area (Å²) in [6.07, 6.45) is 0. The second-order valence-corrected chi connectivity index (χ2v) is 7.16. The fraction of sp³-hybridized carbons (Fsp3) is 0.235. The molecule has 1 N–H and O–H groups in total. The van der Waals surface area contributed by atoms with Gasteiger partial charge in [-0.25, -0.2) is 4.79 Å². The number of ether oxygens (including phenoxy) is 2. The van der Waals surface area contributed by atoms with Crippen molar-refractivity contribution in [2.75, 3.05) is 25.6 Å². The van der Waals surface area contributed by atoms with E-state index < -0.39 is 0 Å². The van der Waals surface area contributed by atoms with Crippen LogP contribution in [0.3, 0.4) is 0 Å². The van der Waals surface area contributed by atoms with E-state index in [1.54, 1.807) is 11.9 Å². The summed E-state index contributed by atoms with van der Waals surface area (Å²) in [5.74, 6) is 1.47. The summed E-state index contributed by atoms with van der Waals surface area (Å²) >= 11 is 6.83. The molecule has 0 aliphatic carbocycles. The van der Waals surface area contributed by atoms with Crippen molar-refractivity contribution in [1.82, 2.24) is 4.90 Å². The summed E-state index contributed by atoms with van der Waals surface area (Å²) < 4.78 is 12.8. The minimum absolute atomic E-state index is 0.187. The Morgan fingerprint density at radius 1 is 1.12 bits per heavy atom. The van der Waals surface area contributed by atoms with E-state index in [1.165, 1.54) is 0 Å². The molecule has 2 aromatic rings. The van der Waals surface area contributed by atoms with Gasteiger partial charge in [-0.1, -0.05) is 22.0 Å². The third-order valence-corrected chi connectivity index (χ3v) is 4.70. The molecule has 24 heavy (non-hydrogen) atoms. The summed E-state index contributed by atoms with van der Waals surface area (Å²) in [5.41, 5.74) is 1.70. The highest BCUT2D eigenvalue weighted by molar-refractivity contribution is 9.11. The second-order valence-electron chi connectivity index (χ2n) is 5.39. The number of fused-ring (bicyclic) bond motifs is 1. The fourth-order valence-electron chi connectivity index (χ4n) is 2.33. The maximum atomic E-state index is 12.4. The van der Waals surface area contributed by atoms with E-state index in [2.05, 4.69) is 37.2 Å². The zero-order valence-electron chi connectivity index (χ0n) is 13.0. The minimum Gasteiger partial charge on any atom is -0.486 e. The topological polar surface area (TPSA) is 50.8 Å². The Labute approximate surface area is 157 Å². The van der Waals surface area contributed by atoms with Gasteiger partial charge in [0.2, 0.25) is 0 Å². The van der Waals surface area contributed by atoms with Crippen molar-refractivity contribution in [3.05, 3.63) is 50.9 Å². The number of carbonyl (C=O) groups is 1. The second kappa shape index (κ2) is 7.44. The molecule has 2 amide bonds. The number of nitrogens with one attached hydrogen (secondary N) is 1. The van der Waals surface area contributed by atoms with Gasteiger partial charge in [-0.05, 0) is 51.8 Å². The lowest BCUT2D eigenvalue weighted by Crippen LogP contribution is -2.31. The van der Waals surface area contributed by atoms with Gasteiger partial charge in [0.25, 0.3) is 0 Å². The largest absolute Gasteiger partial charge is 0.486 e. The van der Waals surface area contributed by atoms with Gasteiger partial charge in [0, 0.05) is 22.5 Å². The van der Waals surface area contributed by atoms with Crippen LogP contribution >= 0.6 is 31.9 Å². The number of rotatable bonds is 3. The smallest absolute Gasteiger partial charge is 0.321 e. The average Bonchev–Trinajstić information content (AvgIpc) is 2.57. The molecule has 1 heterocycles. The molecular weight excluding hydrogens is 440 g/mol. The predicted molar refractivity (Wildman–Crippen MR) is 99.8 cm³/mol. The van der Waals surface area contributed by atoms with Crippen LogP contribution in [-0.2, 0) is 6.54 Å². The van der Waals surface area contributed by atoms with Crippen molar-refractivity contribution in [1.29, 1.82) is 0 Å². The van der Waals surface area contributed by atoms with E-state index in [-0.39, 0.29) is 6.03 Å². The Hall–Kier alpha value is -1.73. The van der Waals surface area contributed by atoms with Crippen molar-refractivity contribution in [3.8, 4) is 11.5 Å². The Kier molecular flexibility index (Phi) is 5.30. The van der Waals surface area contributed by atoms with Gasteiger partial charge in [0.1, 0.15) is 13.2 Å². The van der Waals surface area contributed by atoms with Crippen molar-refractivity contribution in [3.63, 3.8) is 0 Å². The first-order valence-corrected chi connectivity index (χ1v) is 8.97. The molecule has 0 radical (unpaired) electrons. The molecule has 0 aromatic heterocycles. The Morgan fingerprint density at radius 2 is 1.88 bits per heavy atom. The molecule has 0 spiro atoms. The number of amides is 2. The lowest BCUT2D eigenvalue weighted by Gasteiger charge is -2.21. The van der Waals surface area contributed by atoms with Gasteiger partial charge in [-0.3, -0.25) is 0 Å². The molecule has 0 fully saturated rings. The molecule has 0 unspecified atom stereocenters. The monoisotopic (exact) mass is 454 g/mol. The zero-order valence-corrected chi connectivity index (χ0v) is 16.2. The summed E-state index contributed by atoms with van der Waals surface area (Å²) in [6.45, 7) is 1.58. The molecule has 7 heteroatoms. The van der Waals surface area contributed by atoms with Gasteiger partial charge in [0.15, 0.2) is 11.5 Å². The Morgan fingerprint density at radius 3 is 2.62 bits per heavy atom. The fourth-order valence-corrected chi connectivity index (χ4v) is 3.48. The number of hydrogen-bond acceptors (Lipinski definition) is 3. The van der Waals surface area contributed by atoms with Gasteiger partial charge >= 0.3 is 6.03 Å². The molecule has 0 saturated heterocycles. The number of halogens is 2. The highest BCUT2D eigenvalue weighted by Crippen LogP contribution is 2.31. The van der Waals surface area contributed by atoms with Crippen molar-refractivity contribution < 1.29 is 14.3 Å². The molecule has 0 saturated carbocycles. The maximum Gasteiger partial charge on any atom is 0.321 e. The lowest BCUT2D eigenvalue weighted by molar-refractivity contribution is 0.171.